The van der Waals surface area contributed by atoms with Gasteiger partial charge in [-0.25, -0.2) is 0 Å². The molecule has 2 N–H and O–H groups in total. The molecule has 1 aromatic carbocycles. The minimum absolute atomic E-state index is 0.408. The van der Waals surface area contributed by atoms with Gasteiger partial charge in [0.2, 0.25) is 0 Å². The van der Waals surface area contributed by atoms with Gasteiger partial charge >= 0.3 is 0 Å². The molecule has 13 heavy (non-hydrogen) atoms. The molecular weight excluding hydrogens is 162 g/mol. The van der Waals surface area contributed by atoms with Crippen molar-refractivity contribution in [3.63, 3.8) is 0 Å². The molecule has 1 unspecified atom stereocenters. The van der Waals surface area contributed by atoms with Gasteiger partial charge in [0.1, 0.15) is 0 Å². The molecule has 2 aromatic rings. The molecule has 0 spiro atoms. The van der Waals surface area contributed by atoms with E-state index in [0.717, 1.165) is 16.5 Å². The van der Waals surface area contributed by atoms with Crippen LogP contribution < -0.4 is 0 Å². The lowest BCUT2D eigenvalue weighted by atomic mass is 10.0. The summed E-state index contributed by atoms with van der Waals surface area (Å²) in [7, 11) is 0. The van der Waals surface area contributed by atoms with Gasteiger partial charge in [0.15, 0.2) is 0 Å². The average Bonchev–Trinajstić information content (AvgIpc) is 2.49. The van der Waals surface area contributed by atoms with Gasteiger partial charge in [-0.2, -0.15) is 0 Å². The number of H-pyrrole nitrogens is 1. The molecular formula is C11H13NO. The Kier molecular flexibility index (Phi) is 1.85. The Morgan fingerprint density at radius 3 is 2.85 bits per heavy atom. The molecule has 2 rings (SSSR count). The molecule has 2 heteroatoms. The molecule has 0 saturated carbocycles. The fourth-order valence-corrected chi connectivity index (χ4v) is 1.73. The highest BCUT2D eigenvalue weighted by molar-refractivity contribution is 5.86. The van der Waals surface area contributed by atoms with E-state index in [2.05, 4.69) is 18.0 Å². The van der Waals surface area contributed by atoms with Gasteiger partial charge in [-0.15, -0.1) is 0 Å². The number of aryl methyl sites for hydroxylation is 1. The van der Waals surface area contributed by atoms with E-state index in [1.54, 1.807) is 6.92 Å². The first-order valence-electron chi connectivity index (χ1n) is 4.45. The first-order valence-corrected chi connectivity index (χ1v) is 4.45. The minimum atomic E-state index is -0.408. The molecule has 1 heterocycles. The second-order valence-corrected chi connectivity index (χ2v) is 3.42. The lowest BCUT2D eigenvalue weighted by Gasteiger charge is -2.03. The number of rotatable bonds is 1. The van der Waals surface area contributed by atoms with Crippen molar-refractivity contribution >= 4 is 10.9 Å². The fraction of sp³-hybridized carbons (Fsp3) is 0.273. The zero-order valence-corrected chi connectivity index (χ0v) is 7.83. The number of aromatic amines is 1. The van der Waals surface area contributed by atoms with Crippen molar-refractivity contribution in [2.24, 2.45) is 0 Å². The van der Waals surface area contributed by atoms with Crippen LogP contribution in [0.1, 0.15) is 24.2 Å². The largest absolute Gasteiger partial charge is 0.389 e. The van der Waals surface area contributed by atoms with E-state index in [1.165, 1.54) is 5.56 Å². The topological polar surface area (TPSA) is 36.0 Å². The van der Waals surface area contributed by atoms with Crippen molar-refractivity contribution in [2.45, 2.75) is 20.0 Å². The van der Waals surface area contributed by atoms with E-state index in [-0.39, 0.29) is 0 Å². The van der Waals surface area contributed by atoms with Crippen molar-refractivity contribution in [3.8, 4) is 0 Å². The second-order valence-electron chi connectivity index (χ2n) is 3.42. The van der Waals surface area contributed by atoms with Gasteiger partial charge in [-0.05, 0) is 25.5 Å². The predicted molar refractivity (Wildman–Crippen MR) is 53.7 cm³/mol. The van der Waals surface area contributed by atoms with Crippen molar-refractivity contribution < 1.29 is 5.11 Å². The molecule has 0 bridgehead atoms. The van der Waals surface area contributed by atoms with E-state index < -0.39 is 6.10 Å². The monoisotopic (exact) mass is 175 g/mol. The first-order chi connectivity index (χ1) is 6.20. The maximum Gasteiger partial charge on any atom is 0.0782 e. The normalized spacial score (nSPS) is 13.5. The van der Waals surface area contributed by atoms with Gasteiger partial charge in [-0.3, -0.25) is 0 Å². The fourth-order valence-electron chi connectivity index (χ4n) is 1.73. The van der Waals surface area contributed by atoms with E-state index in [0.29, 0.717) is 0 Å². The smallest absolute Gasteiger partial charge is 0.0782 e. The highest BCUT2D eigenvalue weighted by Gasteiger charge is 2.09. The van der Waals surface area contributed by atoms with Crippen LogP contribution in [0.25, 0.3) is 10.9 Å². The molecule has 0 radical (unpaired) electrons. The second kappa shape index (κ2) is 2.89. The van der Waals surface area contributed by atoms with E-state index in [4.69, 9.17) is 0 Å². The number of aliphatic hydroxyl groups excluding tert-OH is 1. The van der Waals surface area contributed by atoms with Gasteiger partial charge in [0.05, 0.1) is 6.10 Å². The SMILES string of the molecule is Cc1cccc2[nH]cc(C(C)O)c12. The number of aliphatic hydroxyl groups is 1. The molecule has 0 aliphatic rings. The Balaban J connectivity index is 2.79. The van der Waals surface area contributed by atoms with Crippen LogP contribution in [-0.2, 0) is 0 Å². The number of aromatic nitrogens is 1. The molecule has 68 valence electrons. The van der Waals surface area contributed by atoms with E-state index in [9.17, 15) is 5.11 Å². The van der Waals surface area contributed by atoms with Crippen molar-refractivity contribution in [2.75, 3.05) is 0 Å². The summed E-state index contributed by atoms with van der Waals surface area (Å²) in [5, 5.41) is 10.7. The predicted octanol–water partition coefficient (Wildman–Crippen LogP) is 2.53. The van der Waals surface area contributed by atoms with E-state index >= 15 is 0 Å². The first kappa shape index (κ1) is 8.32. The molecule has 1 atom stereocenters. The molecule has 1 aromatic heterocycles. The van der Waals surface area contributed by atoms with Gasteiger partial charge in [0.25, 0.3) is 0 Å². The van der Waals surface area contributed by atoms with Gasteiger partial charge in [0, 0.05) is 22.7 Å². The lowest BCUT2D eigenvalue weighted by molar-refractivity contribution is 0.201. The van der Waals surface area contributed by atoms with Crippen LogP contribution >= 0.6 is 0 Å². The van der Waals surface area contributed by atoms with Crippen LogP contribution in [0.15, 0.2) is 24.4 Å². The summed E-state index contributed by atoms with van der Waals surface area (Å²) in [5.74, 6) is 0. The van der Waals surface area contributed by atoms with Gasteiger partial charge < -0.3 is 10.1 Å². The summed E-state index contributed by atoms with van der Waals surface area (Å²) in [5.41, 5.74) is 3.28. The Bertz CT molecular complexity index is 429. The average molecular weight is 175 g/mol. The van der Waals surface area contributed by atoms with Crippen LogP contribution in [0.5, 0.6) is 0 Å². The van der Waals surface area contributed by atoms with E-state index in [1.807, 2.05) is 18.3 Å². The summed E-state index contributed by atoms with van der Waals surface area (Å²) in [4.78, 5) is 3.15. The summed E-state index contributed by atoms with van der Waals surface area (Å²) >= 11 is 0. The summed E-state index contributed by atoms with van der Waals surface area (Å²) < 4.78 is 0. The maximum atomic E-state index is 9.52. The number of nitrogens with one attached hydrogen (secondary N) is 1. The Labute approximate surface area is 77.2 Å². The van der Waals surface area contributed by atoms with Crippen LogP contribution in [0, 0.1) is 6.92 Å². The Morgan fingerprint density at radius 1 is 1.38 bits per heavy atom. The van der Waals surface area contributed by atoms with Gasteiger partial charge in [-0.1, -0.05) is 12.1 Å². The Hall–Kier alpha value is -1.28. The molecule has 2 nitrogen and oxygen atoms in total. The number of hydrogen-bond donors (Lipinski definition) is 2. The number of hydrogen-bond acceptors (Lipinski definition) is 1. The third-order valence-electron chi connectivity index (χ3n) is 2.39. The highest BCUT2D eigenvalue weighted by atomic mass is 16.3. The summed E-state index contributed by atoms with van der Waals surface area (Å²) in [6, 6.07) is 6.09. The molecule has 0 aliphatic carbocycles. The summed E-state index contributed by atoms with van der Waals surface area (Å²) in [6.07, 6.45) is 1.47. The van der Waals surface area contributed by atoms with Crippen molar-refractivity contribution in [1.82, 2.24) is 4.98 Å². The molecule has 0 amide bonds. The minimum Gasteiger partial charge on any atom is -0.389 e. The maximum absolute atomic E-state index is 9.52. The van der Waals surface area contributed by atoms with Crippen LogP contribution in [-0.4, -0.2) is 10.1 Å². The third kappa shape index (κ3) is 1.23. The standard InChI is InChI=1S/C11H13NO/c1-7-4-3-5-10-11(7)9(6-12-10)8(2)13/h3-6,8,12-13H,1-2H3. The van der Waals surface area contributed by atoms with Crippen LogP contribution in [0.4, 0.5) is 0 Å². The molecule has 0 aliphatic heterocycles. The molecule has 0 saturated heterocycles. The number of fused-ring (bicyclic) bond motifs is 1. The number of benzene rings is 1. The van der Waals surface area contributed by atoms with Crippen LogP contribution in [0.3, 0.4) is 0 Å². The molecule has 0 fully saturated rings. The zero-order valence-electron chi connectivity index (χ0n) is 7.83. The van der Waals surface area contributed by atoms with Crippen molar-refractivity contribution in [3.05, 3.63) is 35.5 Å². The summed E-state index contributed by atoms with van der Waals surface area (Å²) in [6.45, 7) is 3.84. The third-order valence-corrected chi connectivity index (χ3v) is 2.39. The lowest BCUT2D eigenvalue weighted by Crippen LogP contribution is -1.89. The zero-order chi connectivity index (χ0) is 9.42. The van der Waals surface area contributed by atoms with Crippen molar-refractivity contribution in [1.29, 1.82) is 0 Å². The quantitative estimate of drug-likeness (QED) is 0.686. The highest BCUT2D eigenvalue weighted by Crippen LogP contribution is 2.26. The van der Waals surface area contributed by atoms with Crippen LogP contribution in [0.2, 0.25) is 0 Å². The Morgan fingerprint density at radius 2 is 2.15 bits per heavy atom.